The molecule has 138 valence electrons. The molecule has 0 radical (unpaired) electrons. The van der Waals surface area contributed by atoms with E-state index < -0.39 is 5.97 Å². The summed E-state index contributed by atoms with van der Waals surface area (Å²) in [4.78, 5) is 23.8. The number of amides is 2. The normalized spacial score (nSPS) is 14.7. The molecule has 2 rings (SSSR count). The van der Waals surface area contributed by atoms with E-state index in [4.69, 9.17) is 16.3 Å². The number of carbonyl (C=O) groups is 2. The van der Waals surface area contributed by atoms with E-state index in [9.17, 15) is 9.59 Å². The van der Waals surface area contributed by atoms with Gasteiger partial charge in [0.25, 0.3) is 0 Å². The van der Waals surface area contributed by atoms with E-state index in [1.807, 2.05) is 0 Å². The zero-order chi connectivity index (χ0) is 18.2. The molecule has 25 heavy (non-hydrogen) atoms. The summed E-state index contributed by atoms with van der Waals surface area (Å²) in [5.74, 6) is 0.438. The topological polar surface area (TPSA) is 76.7 Å². The molecule has 7 heteroatoms. The average molecular weight is 369 g/mol. The third-order valence-corrected chi connectivity index (χ3v) is 4.82. The summed E-state index contributed by atoms with van der Waals surface area (Å²) in [5, 5.41) is 5.78. The first kappa shape index (κ1) is 19.4. The number of hydrogen-bond acceptors (Lipinski definition) is 4. The van der Waals surface area contributed by atoms with Crippen molar-refractivity contribution < 1.29 is 19.1 Å². The van der Waals surface area contributed by atoms with Crippen LogP contribution in [-0.2, 0) is 4.74 Å². The maximum atomic E-state index is 12.1. The fourth-order valence-corrected chi connectivity index (χ4v) is 3.33. The van der Waals surface area contributed by atoms with Crippen LogP contribution in [-0.4, -0.2) is 32.8 Å². The van der Waals surface area contributed by atoms with Gasteiger partial charge in [0.1, 0.15) is 11.3 Å². The Balaban J connectivity index is 1.92. The first-order valence-electron chi connectivity index (χ1n) is 8.55. The number of halogens is 1. The van der Waals surface area contributed by atoms with Gasteiger partial charge in [0.15, 0.2) is 0 Å². The molecule has 0 saturated heterocycles. The number of nitrogens with one attached hydrogen (secondary N) is 2. The molecule has 0 atom stereocenters. The number of benzene rings is 1. The van der Waals surface area contributed by atoms with E-state index >= 15 is 0 Å². The summed E-state index contributed by atoms with van der Waals surface area (Å²) < 4.78 is 9.86. The van der Waals surface area contributed by atoms with Crippen molar-refractivity contribution in [3.63, 3.8) is 0 Å². The van der Waals surface area contributed by atoms with Gasteiger partial charge < -0.3 is 20.1 Å². The van der Waals surface area contributed by atoms with E-state index in [1.165, 1.54) is 58.5 Å². The van der Waals surface area contributed by atoms with E-state index in [1.54, 1.807) is 0 Å². The van der Waals surface area contributed by atoms with Gasteiger partial charge in [0.05, 0.1) is 24.9 Å². The molecule has 2 N–H and O–H groups in total. The molecule has 0 aliphatic heterocycles. The summed E-state index contributed by atoms with van der Waals surface area (Å²) in [5.41, 5.74) is 0.583. The van der Waals surface area contributed by atoms with Crippen molar-refractivity contribution in [1.29, 1.82) is 0 Å². The third kappa shape index (κ3) is 5.53. The monoisotopic (exact) mass is 368 g/mol. The molecular weight excluding hydrogens is 344 g/mol. The predicted octanol–water partition coefficient (Wildman–Crippen LogP) is 4.23. The van der Waals surface area contributed by atoms with Crippen LogP contribution >= 0.6 is 11.6 Å². The molecule has 0 aromatic heterocycles. The van der Waals surface area contributed by atoms with E-state index in [-0.39, 0.29) is 22.4 Å². The summed E-state index contributed by atoms with van der Waals surface area (Å²) in [7, 11) is 2.71. The molecule has 0 unspecified atom stereocenters. The summed E-state index contributed by atoms with van der Waals surface area (Å²) in [6.07, 6.45) is 7.40. The number of methoxy groups -OCH3 is 2. The Labute approximate surface area is 153 Å². The minimum Gasteiger partial charge on any atom is -0.496 e. The minimum absolute atomic E-state index is 0.207. The number of hydrogen-bond donors (Lipinski definition) is 2. The first-order valence-corrected chi connectivity index (χ1v) is 8.93. The van der Waals surface area contributed by atoms with Gasteiger partial charge in [-0.05, 0) is 18.4 Å². The smallest absolute Gasteiger partial charge is 0.341 e. The van der Waals surface area contributed by atoms with E-state index in [0.29, 0.717) is 18.2 Å². The van der Waals surface area contributed by atoms with Crippen LogP contribution in [0, 0.1) is 5.92 Å². The van der Waals surface area contributed by atoms with Crippen molar-refractivity contribution in [2.24, 2.45) is 5.92 Å². The lowest BCUT2D eigenvalue weighted by Gasteiger charge is -2.21. The largest absolute Gasteiger partial charge is 0.496 e. The van der Waals surface area contributed by atoms with Crippen molar-refractivity contribution in [1.82, 2.24) is 5.32 Å². The zero-order valence-electron chi connectivity index (χ0n) is 14.7. The Kier molecular flexibility index (Phi) is 7.37. The van der Waals surface area contributed by atoms with E-state index in [2.05, 4.69) is 15.4 Å². The molecule has 1 aliphatic rings. The molecule has 1 aromatic carbocycles. The molecule has 0 bridgehead atoms. The van der Waals surface area contributed by atoms with Crippen LogP contribution in [0.15, 0.2) is 12.1 Å². The lowest BCUT2D eigenvalue weighted by Crippen LogP contribution is -2.31. The second-order valence-electron chi connectivity index (χ2n) is 6.20. The van der Waals surface area contributed by atoms with Gasteiger partial charge in [-0.25, -0.2) is 9.59 Å². The Hall–Kier alpha value is -1.95. The van der Waals surface area contributed by atoms with Crippen LogP contribution in [0.25, 0.3) is 0 Å². The summed E-state index contributed by atoms with van der Waals surface area (Å²) >= 11 is 6.15. The van der Waals surface area contributed by atoms with Crippen LogP contribution in [0.1, 0.15) is 48.9 Å². The predicted molar refractivity (Wildman–Crippen MR) is 97.6 cm³/mol. The number of rotatable bonds is 6. The standard InChI is InChI=1S/C18H25ClN2O4/c1-24-16-11-15(14(19)10-13(16)17(22)25-2)21-18(23)20-9-8-12-6-4-3-5-7-12/h10-12H,3-9H2,1-2H3,(H2,20,21,23). The highest BCUT2D eigenvalue weighted by Gasteiger charge is 2.18. The number of carbonyl (C=O) groups excluding carboxylic acids is 2. The van der Waals surface area contributed by atoms with Gasteiger partial charge in [0, 0.05) is 12.6 Å². The minimum atomic E-state index is -0.553. The molecule has 1 aliphatic carbocycles. The van der Waals surface area contributed by atoms with Crippen molar-refractivity contribution in [3.05, 3.63) is 22.7 Å². The summed E-state index contributed by atoms with van der Waals surface area (Å²) in [6.45, 7) is 0.630. The van der Waals surface area contributed by atoms with Gasteiger partial charge >= 0.3 is 12.0 Å². The van der Waals surface area contributed by atoms with Crippen molar-refractivity contribution in [2.75, 3.05) is 26.1 Å². The van der Waals surface area contributed by atoms with Crippen molar-refractivity contribution >= 4 is 29.3 Å². The number of ether oxygens (including phenoxy) is 2. The number of esters is 1. The van der Waals surface area contributed by atoms with Crippen LogP contribution in [0.5, 0.6) is 5.75 Å². The molecule has 0 heterocycles. The van der Waals surface area contributed by atoms with Crippen LogP contribution in [0.3, 0.4) is 0 Å². The zero-order valence-corrected chi connectivity index (χ0v) is 15.4. The highest BCUT2D eigenvalue weighted by molar-refractivity contribution is 6.34. The maximum absolute atomic E-state index is 12.1. The van der Waals surface area contributed by atoms with Gasteiger partial charge in [-0.3, -0.25) is 0 Å². The van der Waals surface area contributed by atoms with Crippen LogP contribution in [0.2, 0.25) is 5.02 Å². The van der Waals surface area contributed by atoms with Gasteiger partial charge in [0.2, 0.25) is 0 Å². The highest BCUT2D eigenvalue weighted by Crippen LogP contribution is 2.31. The molecule has 0 spiro atoms. The SMILES string of the molecule is COC(=O)c1cc(Cl)c(NC(=O)NCCC2CCCCC2)cc1OC. The lowest BCUT2D eigenvalue weighted by atomic mass is 9.87. The fraction of sp³-hybridized carbons (Fsp3) is 0.556. The van der Waals surface area contributed by atoms with Gasteiger partial charge in [-0.15, -0.1) is 0 Å². The van der Waals surface area contributed by atoms with Crippen molar-refractivity contribution in [2.45, 2.75) is 38.5 Å². The third-order valence-electron chi connectivity index (χ3n) is 4.51. The fourth-order valence-electron chi connectivity index (χ4n) is 3.12. The highest BCUT2D eigenvalue weighted by atomic mass is 35.5. The van der Waals surface area contributed by atoms with Crippen molar-refractivity contribution in [3.8, 4) is 5.75 Å². The Bertz CT molecular complexity index is 615. The molecule has 1 aromatic rings. The number of urea groups is 1. The molecule has 6 nitrogen and oxygen atoms in total. The number of anilines is 1. The van der Waals surface area contributed by atoms with Gasteiger partial charge in [-0.1, -0.05) is 43.7 Å². The summed E-state index contributed by atoms with van der Waals surface area (Å²) in [6, 6.07) is 2.60. The first-order chi connectivity index (χ1) is 12.0. The lowest BCUT2D eigenvalue weighted by molar-refractivity contribution is 0.0597. The molecular formula is C18H25ClN2O4. The average Bonchev–Trinajstić information content (AvgIpc) is 2.63. The Morgan fingerprint density at radius 1 is 1.20 bits per heavy atom. The van der Waals surface area contributed by atoms with Crippen LogP contribution in [0.4, 0.5) is 10.5 Å². The van der Waals surface area contributed by atoms with Gasteiger partial charge in [-0.2, -0.15) is 0 Å². The molecule has 2 amide bonds. The molecule has 1 saturated carbocycles. The van der Waals surface area contributed by atoms with E-state index in [0.717, 1.165) is 6.42 Å². The quantitative estimate of drug-likeness (QED) is 0.737. The van der Waals surface area contributed by atoms with Crippen LogP contribution < -0.4 is 15.4 Å². The Morgan fingerprint density at radius 2 is 1.92 bits per heavy atom. The second-order valence-corrected chi connectivity index (χ2v) is 6.60. The second kappa shape index (κ2) is 9.51. The maximum Gasteiger partial charge on any atom is 0.341 e. The molecule has 1 fully saturated rings. The Morgan fingerprint density at radius 3 is 2.56 bits per heavy atom.